The molecule has 4 heterocycles. The molecule has 196 valence electrons. The lowest BCUT2D eigenvalue weighted by molar-refractivity contribution is -0.140. The van der Waals surface area contributed by atoms with Crippen LogP contribution < -0.4 is 19.4 Å². The van der Waals surface area contributed by atoms with Crippen LogP contribution in [0.5, 0.6) is 5.75 Å². The van der Waals surface area contributed by atoms with Crippen LogP contribution in [0.3, 0.4) is 0 Å². The molecule has 0 spiro atoms. The van der Waals surface area contributed by atoms with Gasteiger partial charge in [-0.1, -0.05) is 6.07 Å². The van der Waals surface area contributed by atoms with Crippen molar-refractivity contribution in [3.8, 4) is 5.75 Å². The van der Waals surface area contributed by atoms with Crippen LogP contribution in [0.2, 0.25) is 0 Å². The van der Waals surface area contributed by atoms with Crippen LogP contribution in [0.15, 0.2) is 48.8 Å². The molecule has 1 N–H and O–H groups in total. The Labute approximate surface area is 220 Å². The summed E-state index contributed by atoms with van der Waals surface area (Å²) in [5.74, 6) is 0.222. The lowest BCUT2D eigenvalue weighted by atomic mass is 10.00. The molecule has 0 aliphatic carbocycles. The Bertz CT molecular complexity index is 1410. The molecule has 2 aromatic heterocycles. The van der Waals surface area contributed by atoms with Gasteiger partial charge in [0, 0.05) is 44.5 Å². The zero-order valence-corrected chi connectivity index (χ0v) is 21.4. The number of carbonyl (C=O) groups is 3. The molecule has 10 nitrogen and oxygen atoms in total. The van der Waals surface area contributed by atoms with E-state index in [1.165, 1.54) is 4.90 Å². The van der Waals surface area contributed by atoms with E-state index in [1.807, 2.05) is 48.2 Å². The fourth-order valence-electron chi connectivity index (χ4n) is 5.05. The fourth-order valence-corrected chi connectivity index (χ4v) is 5.05. The minimum absolute atomic E-state index is 0.149. The fraction of sp³-hybridized carbons (Fsp3) is 0.321. The molecule has 38 heavy (non-hydrogen) atoms. The number of pyridine rings is 2. The predicted molar refractivity (Wildman–Crippen MR) is 142 cm³/mol. The van der Waals surface area contributed by atoms with Gasteiger partial charge in [-0.15, -0.1) is 0 Å². The summed E-state index contributed by atoms with van der Waals surface area (Å²) in [6, 6.07) is 11.1. The molecule has 5 rings (SSSR count). The number of aromatic nitrogens is 2. The number of rotatable bonds is 7. The third-order valence-electron chi connectivity index (χ3n) is 6.87. The lowest BCUT2D eigenvalue weighted by Gasteiger charge is -2.30. The first-order chi connectivity index (χ1) is 18.4. The van der Waals surface area contributed by atoms with Crippen molar-refractivity contribution in [2.24, 2.45) is 0 Å². The van der Waals surface area contributed by atoms with Gasteiger partial charge in [-0.2, -0.15) is 0 Å². The van der Waals surface area contributed by atoms with Gasteiger partial charge in [-0.3, -0.25) is 14.4 Å². The average molecular weight is 516 g/mol. The largest absolute Gasteiger partial charge is 0.493 e. The number of hydrogen-bond acceptors (Lipinski definition) is 7. The van der Waals surface area contributed by atoms with Crippen LogP contribution in [0.1, 0.15) is 41.3 Å². The minimum Gasteiger partial charge on any atom is -0.493 e. The van der Waals surface area contributed by atoms with E-state index < -0.39 is 18.3 Å². The molecule has 2 amide bonds. The Kier molecular flexibility index (Phi) is 6.95. The average Bonchev–Trinajstić information content (AvgIpc) is 3.01. The number of carboxylic acid groups (broad SMARTS) is 1. The van der Waals surface area contributed by atoms with Crippen LogP contribution in [0.4, 0.5) is 23.0 Å². The van der Waals surface area contributed by atoms with Crippen LogP contribution in [-0.4, -0.2) is 59.6 Å². The maximum absolute atomic E-state index is 13.4. The standard InChI is InChI=1S/C28H29N5O5/c1-3-32-26-20(28(37)31(2)22-9-5-12-29-27(22)32)15-18(17-30-26)11-14-38-23-10-4-8-21-19(23)7-6-13-33(21)24(34)16-25(35)36/h4-5,8-10,12,15,17H,3,6-7,11,13-14,16H2,1-2H3,(H,35,36). The van der Waals surface area contributed by atoms with Gasteiger partial charge >= 0.3 is 5.97 Å². The summed E-state index contributed by atoms with van der Waals surface area (Å²) < 4.78 is 6.13. The summed E-state index contributed by atoms with van der Waals surface area (Å²) in [5, 5.41) is 9.03. The van der Waals surface area contributed by atoms with Crippen molar-refractivity contribution in [1.82, 2.24) is 9.97 Å². The number of nitrogens with zero attached hydrogens (tertiary/aromatic N) is 5. The Morgan fingerprint density at radius 3 is 2.71 bits per heavy atom. The van der Waals surface area contributed by atoms with Gasteiger partial charge in [-0.05, 0) is 55.7 Å². The van der Waals surface area contributed by atoms with Crippen LogP contribution >= 0.6 is 0 Å². The SMILES string of the molecule is CCN1c2ncc(CCOc3cccc4c3CCCN4C(=O)CC(=O)O)cc2C(=O)N(C)c2cccnc21. The molecule has 2 aliphatic heterocycles. The minimum atomic E-state index is -1.14. The monoisotopic (exact) mass is 515 g/mol. The number of hydrogen-bond donors (Lipinski definition) is 1. The van der Waals surface area contributed by atoms with E-state index in [2.05, 4.69) is 9.97 Å². The van der Waals surface area contributed by atoms with Crippen molar-refractivity contribution in [3.63, 3.8) is 0 Å². The summed E-state index contributed by atoms with van der Waals surface area (Å²) >= 11 is 0. The first kappa shape index (κ1) is 25.2. The smallest absolute Gasteiger partial charge is 0.312 e. The maximum Gasteiger partial charge on any atom is 0.312 e. The third-order valence-corrected chi connectivity index (χ3v) is 6.87. The molecule has 1 aromatic carbocycles. The number of anilines is 4. The predicted octanol–water partition coefficient (Wildman–Crippen LogP) is 3.60. The number of benzene rings is 1. The molecule has 0 saturated heterocycles. The quantitative estimate of drug-likeness (QED) is 0.475. The number of aliphatic carboxylic acids is 1. The highest BCUT2D eigenvalue weighted by Crippen LogP contribution is 2.38. The zero-order chi connectivity index (χ0) is 26.8. The summed E-state index contributed by atoms with van der Waals surface area (Å²) in [5.41, 5.74) is 3.70. The molecule has 0 bridgehead atoms. The molecule has 2 aliphatic rings. The summed E-state index contributed by atoms with van der Waals surface area (Å²) in [6.07, 6.45) is 4.93. The van der Waals surface area contributed by atoms with E-state index in [9.17, 15) is 14.4 Å². The van der Waals surface area contributed by atoms with E-state index in [0.29, 0.717) is 54.8 Å². The van der Waals surface area contributed by atoms with Crippen LogP contribution in [0, 0.1) is 0 Å². The van der Waals surface area contributed by atoms with E-state index in [1.54, 1.807) is 24.3 Å². The van der Waals surface area contributed by atoms with Gasteiger partial charge in [0.1, 0.15) is 18.0 Å². The van der Waals surface area contributed by atoms with Crippen LogP contribution in [-0.2, 0) is 22.4 Å². The molecule has 0 unspecified atom stereocenters. The number of fused-ring (bicyclic) bond motifs is 3. The Balaban J connectivity index is 1.34. The highest BCUT2D eigenvalue weighted by atomic mass is 16.5. The molecule has 0 saturated carbocycles. The molecular formula is C28H29N5O5. The van der Waals surface area contributed by atoms with Gasteiger partial charge in [0.15, 0.2) is 5.82 Å². The zero-order valence-electron chi connectivity index (χ0n) is 21.4. The van der Waals surface area contributed by atoms with Crippen molar-refractivity contribution >= 4 is 40.8 Å². The summed E-state index contributed by atoms with van der Waals surface area (Å²) in [4.78, 5) is 51.1. The van der Waals surface area contributed by atoms with E-state index >= 15 is 0 Å². The Morgan fingerprint density at radius 1 is 1.11 bits per heavy atom. The first-order valence-corrected chi connectivity index (χ1v) is 12.7. The van der Waals surface area contributed by atoms with Gasteiger partial charge in [-0.25, -0.2) is 9.97 Å². The van der Waals surface area contributed by atoms with Gasteiger partial charge in [0.05, 0.1) is 23.5 Å². The van der Waals surface area contributed by atoms with Gasteiger partial charge < -0.3 is 24.5 Å². The second kappa shape index (κ2) is 10.5. The van der Waals surface area contributed by atoms with Gasteiger partial charge in [0.25, 0.3) is 5.91 Å². The molecule has 0 atom stereocenters. The second-order valence-electron chi connectivity index (χ2n) is 9.24. The van der Waals surface area contributed by atoms with E-state index in [-0.39, 0.29) is 5.91 Å². The van der Waals surface area contributed by atoms with Gasteiger partial charge in [0.2, 0.25) is 5.91 Å². The first-order valence-electron chi connectivity index (χ1n) is 12.7. The molecule has 0 fully saturated rings. The van der Waals surface area contributed by atoms with E-state index in [0.717, 1.165) is 29.7 Å². The van der Waals surface area contributed by atoms with Crippen LogP contribution in [0.25, 0.3) is 0 Å². The second-order valence-corrected chi connectivity index (χ2v) is 9.24. The number of carboxylic acids is 1. The van der Waals surface area contributed by atoms with E-state index in [4.69, 9.17) is 9.84 Å². The normalized spacial score (nSPS) is 14.4. The summed E-state index contributed by atoms with van der Waals surface area (Å²) in [7, 11) is 1.74. The maximum atomic E-state index is 13.4. The number of amides is 2. The highest BCUT2D eigenvalue weighted by molar-refractivity contribution is 6.12. The number of ether oxygens (including phenoxy) is 1. The van der Waals surface area contributed by atoms with Crippen molar-refractivity contribution < 1.29 is 24.2 Å². The van der Waals surface area contributed by atoms with Crippen molar-refractivity contribution in [1.29, 1.82) is 0 Å². The molecular weight excluding hydrogens is 486 g/mol. The number of carbonyl (C=O) groups excluding carboxylic acids is 2. The molecule has 10 heteroatoms. The topological polar surface area (TPSA) is 116 Å². The lowest BCUT2D eigenvalue weighted by Crippen LogP contribution is -2.36. The molecule has 0 radical (unpaired) electrons. The Hall–Kier alpha value is -4.47. The highest BCUT2D eigenvalue weighted by Gasteiger charge is 2.30. The van der Waals surface area contributed by atoms with Crippen molar-refractivity contribution in [3.05, 3.63) is 65.5 Å². The van der Waals surface area contributed by atoms with Crippen molar-refractivity contribution in [2.75, 3.05) is 41.4 Å². The van der Waals surface area contributed by atoms with Crippen molar-refractivity contribution in [2.45, 2.75) is 32.6 Å². The third kappa shape index (κ3) is 4.65. The summed E-state index contributed by atoms with van der Waals surface area (Å²) in [6.45, 7) is 3.44. The molecule has 3 aromatic rings. The Morgan fingerprint density at radius 2 is 1.92 bits per heavy atom.